The summed E-state index contributed by atoms with van der Waals surface area (Å²) in [4.78, 5) is 41.3. The summed E-state index contributed by atoms with van der Waals surface area (Å²) in [6.07, 6.45) is -0.710. The zero-order valence-electron chi connectivity index (χ0n) is 17.0. The molecule has 0 saturated carbocycles. The van der Waals surface area contributed by atoms with Gasteiger partial charge in [0.05, 0.1) is 0 Å². The molecule has 0 spiro atoms. The Hall–Kier alpha value is -3.67. The SMILES string of the molecule is O=C(Cn1nnn(-c2cccs2)c1=O)N1CCN(C(=O)[C@@H]2COc3ccccc3O2)CC1. The van der Waals surface area contributed by atoms with Gasteiger partial charge >= 0.3 is 5.69 Å². The first-order valence-electron chi connectivity index (χ1n) is 10.1. The molecule has 5 rings (SSSR count). The normalized spacial score (nSPS) is 17.9. The number of carbonyl (C=O) groups excluding carboxylic acids is 2. The molecule has 1 atom stereocenters. The van der Waals surface area contributed by atoms with Crippen LogP contribution in [0.25, 0.3) is 5.00 Å². The summed E-state index contributed by atoms with van der Waals surface area (Å²) in [7, 11) is 0. The molecule has 3 aromatic rings. The molecule has 4 heterocycles. The van der Waals surface area contributed by atoms with Gasteiger partial charge in [0.2, 0.25) is 12.0 Å². The lowest BCUT2D eigenvalue weighted by molar-refractivity contribution is -0.146. The number of ether oxygens (including phenoxy) is 2. The molecule has 0 bridgehead atoms. The zero-order chi connectivity index (χ0) is 22.1. The van der Waals surface area contributed by atoms with E-state index in [0.29, 0.717) is 42.7 Å². The molecule has 1 fully saturated rings. The number of hydrogen-bond acceptors (Lipinski definition) is 8. The van der Waals surface area contributed by atoms with Crippen LogP contribution in [-0.4, -0.2) is 80.3 Å². The molecular formula is C20H20N6O5S. The molecule has 2 aliphatic heterocycles. The fourth-order valence-electron chi connectivity index (χ4n) is 3.65. The molecule has 2 aliphatic rings. The third-order valence-electron chi connectivity index (χ3n) is 5.37. The second-order valence-electron chi connectivity index (χ2n) is 7.35. The van der Waals surface area contributed by atoms with E-state index in [4.69, 9.17) is 9.47 Å². The predicted octanol–water partition coefficient (Wildman–Crippen LogP) is 0.00130. The first-order valence-corrected chi connectivity index (χ1v) is 11.0. The lowest BCUT2D eigenvalue weighted by atomic mass is 10.2. The van der Waals surface area contributed by atoms with Gasteiger partial charge in [-0.3, -0.25) is 9.59 Å². The van der Waals surface area contributed by atoms with E-state index in [1.54, 1.807) is 34.1 Å². The van der Waals surface area contributed by atoms with Crippen molar-refractivity contribution in [2.45, 2.75) is 12.6 Å². The molecule has 0 radical (unpaired) electrons. The maximum absolute atomic E-state index is 12.8. The summed E-state index contributed by atoms with van der Waals surface area (Å²) in [5, 5.41) is 10.1. The molecule has 2 aromatic heterocycles. The van der Waals surface area contributed by atoms with Gasteiger partial charge in [0.25, 0.3) is 5.91 Å². The van der Waals surface area contributed by atoms with E-state index in [2.05, 4.69) is 10.4 Å². The Labute approximate surface area is 186 Å². The van der Waals surface area contributed by atoms with Gasteiger partial charge in [-0.15, -0.1) is 11.3 Å². The second-order valence-corrected chi connectivity index (χ2v) is 8.28. The fourth-order valence-corrected chi connectivity index (χ4v) is 4.32. The number of fused-ring (bicyclic) bond motifs is 1. The van der Waals surface area contributed by atoms with E-state index in [1.807, 2.05) is 17.5 Å². The standard InChI is InChI=1S/C20H20N6O5S/c27-17(12-25-20(29)26(22-21-25)18-6-3-11-32-18)23-7-9-24(10-8-23)19(28)16-13-30-14-4-1-2-5-15(14)31-16/h1-6,11,16H,7-10,12-13H2/t16-/m0/s1. The first-order chi connectivity index (χ1) is 15.6. The summed E-state index contributed by atoms with van der Waals surface area (Å²) in [6, 6.07) is 10.8. The minimum atomic E-state index is -0.710. The highest BCUT2D eigenvalue weighted by molar-refractivity contribution is 7.12. The Balaban J connectivity index is 1.16. The molecule has 0 unspecified atom stereocenters. The van der Waals surface area contributed by atoms with Crippen molar-refractivity contribution >= 4 is 23.2 Å². The maximum Gasteiger partial charge on any atom is 0.369 e. The topological polar surface area (TPSA) is 112 Å². The van der Waals surface area contributed by atoms with Crippen LogP contribution in [0.5, 0.6) is 11.5 Å². The van der Waals surface area contributed by atoms with Crippen LogP contribution in [0.15, 0.2) is 46.6 Å². The van der Waals surface area contributed by atoms with Crippen LogP contribution in [0.3, 0.4) is 0 Å². The number of thiophene rings is 1. The van der Waals surface area contributed by atoms with Crippen molar-refractivity contribution in [3.63, 3.8) is 0 Å². The summed E-state index contributed by atoms with van der Waals surface area (Å²) >= 11 is 1.36. The Kier molecular flexibility index (Phi) is 5.35. The van der Waals surface area contributed by atoms with Gasteiger partial charge in [0.15, 0.2) is 11.5 Å². The van der Waals surface area contributed by atoms with Crippen molar-refractivity contribution in [3.8, 4) is 16.5 Å². The molecule has 1 saturated heterocycles. The molecule has 0 aliphatic carbocycles. The molecule has 1 aromatic carbocycles. The number of hydrogen-bond donors (Lipinski definition) is 0. The van der Waals surface area contributed by atoms with Crippen molar-refractivity contribution in [2.75, 3.05) is 32.8 Å². The summed E-state index contributed by atoms with van der Waals surface area (Å²) < 4.78 is 13.6. The predicted molar refractivity (Wildman–Crippen MR) is 113 cm³/mol. The van der Waals surface area contributed by atoms with Gasteiger partial charge in [-0.1, -0.05) is 12.1 Å². The van der Waals surface area contributed by atoms with Crippen molar-refractivity contribution < 1.29 is 19.1 Å². The van der Waals surface area contributed by atoms with Crippen molar-refractivity contribution in [1.82, 2.24) is 29.6 Å². The lowest BCUT2D eigenvalue weighted by Crippen LogP contribution is -2.55. The number of rotatable bonds is 4. The first kappa shape index (κ1) is 20.2. The lowest BCUT2D eigenvalue weighted by Gasteiger charge is -2.37. The Bertz CT molecular complexity index is 1180. The number of amides is 2. The molecule has 11 nitrogen and oxygen atoms in total. The number of benzene rings is 1. The molecule has 166 valence electrons. The van der Waals surface area contributed by atoms with E-state index in [1.165, 1.54) is 16.0 Å². The Morgan fingerprint density at radius 2 is 1.75 bits per heavy atom. The smallest absolute Gasteiger partial charge is 0.369 e. The molecular weight excluding hydrogens is 436 g/mol. The Morgan fingerprint density at radius 3 is 2.50 bits per heavy atom. The maximum atomic E-state index is 12.8. The molecule has 0 N–H and O–H groups in total. The van der Waals surface area contributed by atoms with Crippen LogP contribution in [-0.2, 0) is 16.1 Å². The molecule has 12 heteroatoms. The quantitative estimate of drug-likeness (QED) is 0.543. The third-order valence-corrected chi connectivity index (χ3v) is 6.21. The van der Waals surface area contributed by atoms with E-state index in [9.17, 15) is 14.4 Å². The van der Waals surface area contributed by atoms with Crippen LogP contribution >= 0.6 is 11.3 Å². The van der Waals surface area contributed by atoms with E-state index in [-0.39, 0.29) is 25.0 Å². The summed E-state index contributed by atoms with van der Waals surface area (Å²) in [6.45, 7) is 1.43. The second kappa shape index (κ2) is 8.46. The van der Waals surface area contributed by atoms with Gasteiger partial charge in [-0.25, -0.2) is 4.79 Å². The van der Waals surface area contributed by atoms with Gasteiger partial charge in [0.1, 0.15) is 18.2 Å². The minimum absolute atomic E-state index is 0.151. The highest BCUT2D eigenvalue weighted by Gasteiger charge is 2.33. The Morgan fingerprint density at radius 1 is 1.00 bits per heavy atom. The monoisotopic (exact) mass is 456 g/mol. The highest BCUT2D eigenvalue weighted by atomic mass is 32.1. The van der Waals surface area contributed by atoms with E-state index in [0.717, 1.165) is 4.68 Å². The van der Waals surface area contributed by atoms with Crippen LogP contribution in [0, 0.1) is 0 Å². The number of piperazine rings is 1. The minimum Gasteiger partial charge on any atom is -0.485 e. The van der Waals surface area contributed by atoms with Crippen molar-refractivity contribution in [1.29, 1.82) is 0 Å². The van der Waals surface area contributed by atoms with Crippen molar-refractivity contribution in [2.24, 2.45) is 0 Å². The largest absolute Gasteiger partial charge is 0.485 e. The molecule has 32 heavy (non-hydrogen) atoms. The number of aromatic nitrogens is 4. The highest BCUT2D eigenvalue weighted by Crippen LogP contribution is 2.31. The third kappa shape index (κ3) is 3.84. The summed E-state index contributed by atoms with van der Waals surface area (Å²) in [5.74, 6) is 0.760. The van der Waals surface area contributed by atoms with Crippen molar-refractivity contribution in [3.05, 3.63) is 52.3 Å². The van der Waals surface area contributed by atoms with Crippen LogP contribution in [0.4, 0.5) is 0 Å². The fraction of sp³-hybridized carbons (Fsp3) is 0.350. The number of para-hydroxylation sites is 2. The number of carbonyl (C=O) groups is 2. The number of nitrogens with zero attached hydrogens (tertiary/aromatic N) is 6. The number of tetrazole rings is 1. The van der Waals surface area contributed by atoms with Gasteiger partial charge in [0, 0.05) is 26.2 Å². The average molecular weight is 456 g/mol. The average Bonchev–Trinajstić information content (AvgIpc) is 3.48. The van der Waals surface area contributed by atoms with Crippen LogP contribution < -0.4 is 15.2 Å². The van der Waals surface area contributed by atoms with E-state index >= 15 is 0 Å². The molecule has 2 amide bonds. The van der Waals surface area contributed by atoms with Gasteiger partial charge < -0.3 is 19.3 Å². The van der Waals surface area contributed by atoms with Crippen LogP contribution in [0.1, 0.15) is 0 Å². The van der Waals surface area contributed by atoms with E-state index < -0.39 is 11.8 Å². The zero-order valence-corrected chi connectivity index (χ0v) is 17.8. The van der Waals surface area contributed by atoms with Crippen LogP contribution in [0.2, 0.25) is 0 Å². The summed E-state index contributed by atoms with van der Waals surface area (Å²) in [5.41, 5.74) is -0.468. The van der Waals surface area contributed by atoms with Gasteiger partial charge in [-0.05, 0) is 40.1 Å². The van der Waals surface area contributed by atoms with Gasteiger partial charge in [-0.2, -0.15) is 9.36 Å².